The molecule has 1 aliphatic rings. The summed E-state index contributed by atoms with van der Waals surface area (Å²) in [6.07, 6.45) is 7.97. The number of hydrogen-bond donors (Lipinski definition) is 0. The third-order valence-electron chi connectivity index (χ3n) is 5.17. The molecule has 1 unspecified atom stereocenters. The average Bonchev–Trinajstić information content (AvgIpc) is 3.30. The minimum Gasteiger partial charge on any atom is -1.00 e. The highest BCUT2D eigenvalue weighted by molar-refractivity contribution is 5.76. The molecule has 5 nitrogen and oxygen atoms in total. The number of aryl methyl sites for hydroxylation is 1. The quantitative estimate of drug-likeness (QED) is 0.306. The zero-order valence-electron chi connectivity index (χ0n) is 17.0. The van der Waals surface area contributed by atoms with Gasteiger partial charge in [-0.1, -0.05) is 57.0 Å². The number of benzene rings is 1. The lowest BCUT2D eigenvalue weighted by Crippen LogP contribution is -3.00. The molecule has 3 rings (SSSR count). The predicted molar refractivity (Wildman–Crippen MR) is 103 cm³/mol. The molecule has 0 amide bonds. The first-order valence-corrected chi connectivity index (χ1v) is 9.98. The first-order valence-electron chi connectivity index (χ1n) is 9.98. The van der Waals surface area contributed by atoms with Crippen LogP contribution in [-0.2, 0) is 27.9 Å². The summed E-state index contributed by atoms with van der Waals surface area (Å²) in [6.45, 7) is 5.31. The average molecular weight is 498 g/mol. The van der Waals surface area contributed by atoms with Crippen molar-refractivity contribution in [1.29, 1.82) is 0 Å². The second kappa shape index (κ2) is 11.0. The van der Waals surface area contributed by atoms with E-state index in [0.717, 1.165) is 18.4 Å². The molecule has 6 heteroatoms. The topological polar surface area (TPSA) is 44.3 Å². The Balaban J connectivity index is 0.00000280. The summed E-state index contributed by atoms with van der Waals surface area (Å²) in [6, 6.07) is 9.68. The van der Waals surface area contributed by atoms with Crippen LogP contribution in [0.4, 0.5) is 0 Å². The standard InChI is InChI=1S/C22H31N2O3.HI/c1-17(2)21-23(3)13-14-24(21)15-16-26-22(25)20(18-9-5-4-6-10-18)27-19-11-7-8-12-19;/h4-6,9-10,13-14,17,19-20H,7-8,11-12,15-16H2,1-3H3;1H/q+1;/p-1. The first kappa shape index (κ1) is 22.9. The van der Waals surface area contributed by atoms with Crippen molar-refractivity contribution >= 4 is 5.97 Å². The highest BCUT2D eigenvalue weighted by atomic mass is 127. The van der Waals surface area contributed by atoms with Crippen molar-refractivity contribution < 1.29 is 42.8 Å². The molecule has 1 aromatic heterocycles. The number of esters is 1. The van der Waals surface area contributed by atoms with E-state index in [0.29, 0.717) is 19.1 Å². The number of nitrogens with zero attached hydrogens (tertiary/aromatic N) is 2. The van der Waals surface area contributed by atoms with E-state index in [4.69, 9.17) is 9.47 Å². The maximum atomic E-state index is 12.8. The van der Waals surface area contributed by atoms with Gasteiger partial charge in [0.25, 0.3) is 5.82 Å². The van der Waals surface area contributed by atoms with E-state index in [1.54, 1.807) is 0 Å². The van der Waals surface area contributed by atoms with Gasteiger partial charge < -0.3 is 33.5 Å². The summed E-state index contributed by atoms with van der Waals surface area (Å²) < 4.78 is 16.0. The van der Waals surface area contributed by atoms with Gasteiger partial charge in [-0.3, -0.25) is 0 Å². The third kappa shape index (κ3) is 5.80. The van der Waals surface area contributed by atoms with Crippen LogP contribution in [0.1, 0.15) is 62.9 Å². The fraction of sp³-hybridized carbons (Fsp3) is 0.545. The van der Waals surface area contributed by atoms with E-state index in [1.165, 1.54) is 18.7 Å². The van der Waals surface area contributed by atoms with Crippen LogP contribution in [0, 0.1) is 0 Å². The van der Waals surface area contributed by atoms with Gasteiger partial charge >= 0.3 is 5.97 Å². The molecule has 1 aliphatic carbocycles. The van der Waals surface area contributed by atoms with Crippen molar-refractivity contribution in [3.63, 3.8) is 0 Å². The smallest absolute Gasteiger partial charge is 0.340 e. The molecule has 0 saturated heterocycles. The van der Waals surface area contributed by atoms with Crippen molar-refractivity contribution in [2.75, 3.05) is 6.61 Å². The van der Waals surface area contributed by atoms with Crippen LogP contribution in [-0.4, -0.2) is 23.2 Å². The molecular formula is C22H31IN2O3. The largest absolute Gasteiger partial charge is 1.00 e. The maximum absolute atomic E-state index is 12.8. The van der Waals surface area contributed by atoms with Gasteiger partial charge in [-0.2, -0.15) is 0 Å². The van der Waals surface area contributed by atoms with Gasteiger partial charge in [-0.15, -0.1) is 0 Å². The van der Waals surface area contributed by atoms with Gasteiger partial charge in [-0.05, 0) is 18.4 Å². The lowest BCUT2D eigenvalue weighted by Gasteiger charge is -2.21. The van der Waals surface area contributed by atoms with E-state index in [2.05, 4.69) is 23.0 Å². The van der Waals surface area contributed by atoms with Gasteiger partial charge in [0.2, 0.25) is 0 Å². The van der Waals surface area contributed by atoms with Gasteiger partial charge in [0.1, 0.15) is 25.5 Å². The predicted octanol–water partition coefficient (Wildman–Crippen LogP) is 0.684. The molecule has 154 valence electrons. The molecule has 1 aromatic carbocycles. The summed E-state index contributed by atoms with van der Waals surface area (Å²) >= 11 is 0. The van der Waals surface area contributed by atoms with E-state index >= 15 is 0 Å². The summed E-state index contributed by atoms with van der Waals surface area (Å²) in [5, 5.41) is 0. The molecule has 0 N–H and O–H groups in total. The van der Waals surface area contributed by atoms with E-state index in [-0.39, 0.29) is 36.0 Å². The second-order valence-corrected chi connectivity index (χ2v) is 7.62. The Morgan fingerprint density at radius 3 is 2.54 bits per heavy atom. The number of halogens is 1. The minimum atomic E-state index is -0.639. The van der Waals surface area contributed by atoms with Gasteiger partial charge in [0.15, 0.2) is 6.10 Å². The van der Waals surface area contributed by atoms with Crippen LogP contribution in [0.2, 0.25) is 0 Å². The van der Waals surface area contributed by atoms with Crippen LogP contribution >= 0.6 is 0 Å². The number of rotatable bonds is 8. The maximum Gasteiger partial charge on any atom is 0.340 e. The Bertz CT molecular complexity index is 739. The Kier molecular flexibility index (Phi) is 8.95. The Morgan fingerprint density at radius 1 is 1.21 bits per heavy atom. The van der Waals surface area contributed by atoms with Crippen LogP contribution in [0.15, 0.2) is 42.7 Å². The summed E-state index contributed by atoms with van der Waals surface area (Å²) in [7, 11) is 2.04. The first-order chi connectivity index (χ1) is 13.1. The lowest BCUT2D eigenvalue weighted by atomic mass is 10.1. The zero-order chi connectivity index (χ0) is 19.2. The molecule has 28 heavy (non-hydrogen) atoms. The van der Waals surface area contributed by atoms with Crippen LogP contribution in [0.25, 0.3) is 0 Å². The van der Waals surface area contributed by atoms with Crippen LogP contribution in [0.5, 0.6) is 0 Å². The molecule has 1 heterocycles. The Labute approximate surface area is 185 Å². The van der Waals surface area contributed by atoms with E-state index in [1.807, 2.05) is 49.8 Å². The van der Waals surface area contributed by atoms with Gasteiger partial charge in [0, 0.05) is 0 Å². The molecule has 0 aliphatic heterocycles. The van der Waals surface area contributed by atoms with Gasteiger partial charge in [-0.25, -0.2) is 13.9 Å². The van der Waals surface area contributed by atoms with E-state index in [9.17, 15) is 4.79 Å². The highest BCUT2D eigenvalue weighted by Gasteiger charge is 2.28. The summed E-state index contributed by atoms with van der Waals surface area (Å²) in [5.74, 6) is 1.33. The molecule has 1 fully saturated rings. The van der Waals surface area contributed by atoms with Gasteiger partial charge in [0.05, 0.1) is 19.1 Å². The summed E-state index contributed by atoms with van der Waals surface area (Å²) in [5.41, 5.74) is 0.865. The number of imidazole rings is 1. The zero-order valence-corrected chi connectivity index (χ0v) is 19.2. The molecule has 2 aromatic rings. The number of carbonyl (C=O) groups is 1. The second-order valence-electron chi connectivity index (χ2n) is 7.62. The molecule has 0 radical (unpaired) electrons. The fourth-order valence-corrected chi connectivity index (χ4v) is 3.90. The van der Waals surface area contributed by atoms with Crippen LogP contribution < -0.4 is 28.5 Å². The minimum absolute atomic E-state index is 0. The third-order valence-corrected chi connectivity index (χ3v) is 5.17. The number of carbonyl (C=O) groups excluding carboxylic acids is 1. The van der Waals surface area contributed by atoms with Crippen molar-refractivity contribution in [2.45, 2.75) is 64.2 Å². The fourth-order valence-electron chi connectivity index (χ4n) is 3.90. The molecule has 1 saturated carbocycles. The van der Waals surface area contributed by atoms with Crippen molar-refractivity contribution in [2.24, 2.45) is 7.05 Å². The normalized spacial score (nSPS) is 15.4. The number of ether oxygens (including phenoxy) is 2. The number of aromatic nitrogens is 2. The van der Waals surface area contributed by atoms with E-state index < -0.39 is 6.10 Å². The molecular weight excluding hydrogens is 467 g/mol. The Morgan fingerprint density at radius 2 is 1.89 bits per heavy atom. The lowest BCUT2D eigenvalue weighted by molar-refractivity contribution is -0.680. The molecule has 0 spiro atoms. The van der Waals surface area contributed by atoms with Crippen molar-refractivity contribution in [3.05, 3.63) is 54.1 Å². The SMILES string of the molecule is CC(C)c1n(CCOC(=O)C(OC2CCCC2)c2ccccc2)cc[n+]1C.[I-]. The van der Waals surface area contributed by atoms with Crippen LogP contribution in [0.3, 0.4) is 0 Å². The molecule has 1 atom stereocenters. The number of hydrogen-bond acceptors (Lipinski definition) is 3. The Hall–Kier alpha value is -1.41. The highest BCUT2D eigenvalue weighted by Crippen LogP contribution is 2.28. The molecule has 0 bridgehead atoms. The monoisotopic (exact) mass is 498 g/mol. The summed E-state index contributed by atoms with van der Waals surface area (Å²) in [4.78, 5) is 12.8. The van der Waals surface area contributed by atoms with Crippen molar-refractivity contribution in [3.8, 4) is 0 Å². The van der Waals surface area contributed by atoms with Crippen molar-refractivity contribution in [1.82, 2.24) is 4.57 Å².